The Balaban J connectivity index is 1.48. The van der Waals surface area contributed by atoms with Gasteiger partial charge < -0.3 is 15.0 Å². The zero-order chi connectivity index (χ0) is 29.4. The van der Waals surface area contributed by atoms with Gasteiger partial charge in [0.25, 0.3) is 0 Å². The number of anilines is 1. The van der Waals surface area contributed by atoms with Gasteiger partial charge in [0.15, 0.2) is 0 Å². The van der Waals surface area contributed by atoms with Crippen LogP contribution in [0.15, 0.2) is 66.7 Å². The average Bonchev–Trinajstić information content (AvgIpc) is 3.39. The predicted octanol–water partition coefficient (Wildman–Crippen LogP) is 6.96. The first kappa shape index (κ1) is 27.9. The Labute approximate surface area is 235 Å². The highest BCUT2D eigenvalue weighted by Crippen LogP contribution is 2.35. The minimum Gasteiger partial charge on any atom is -0.444 e. The van der Waals surface area contributed by atoms with Crippen LogP contribution >= 0.6 is 0 Å². The first-order chi connectivity index (χ1) is 19.4. The third-order valence-corrected chi connectivity index (χ3v) is 6.70. The van der Waals surface area contributed by atoms with E-state index in [1.54, 1.807) is 24.3 Å². The number of nitrogens with zero attached hydrogens (tertiary/aromatic N) is 4. The summed E-state index contributed by atoms with van der Waals surface area (Å²) in [6, 6.07) is 19.4. The van der Waals surface area contributed by atoms with E-state index in [4.69, 9.17) is 14.7 Å². The number of fused-ring (bicyclic) bond motifs is 1. The summed E-state index contributed by atoms with van der Waals surface area (Å²) in [5, 5.41) is 12.1. The number of alkyl halides is 3. The Morgan fingerprint density at radius 3 is 2.15 bits per heavy atom. The summed E-state index contributed by atoms with van der Waals surface area (Å²) < 4.78 is 44.9. The van der Waals surface area contributed by atoms with Crippen LogP contribution in [0.1, 0.15) is 38.3 Å². The molecule has 1 aliphatic heterocycles. The van der Waals surface area contributed by atoms with Crippen LogP contribution in [0, 0.1) is 11.3 Å². The van der Waals surface area contributed by atoms with E-state index in [1.165, 1.54) is 12.1 Å². The number of amides is 1. The smallest absolute Gasteiger partial charge is 0.416 e. The number of benzene rings is 3. The van der Waals surface area contributed by atoms with Crippen molar-refractivity contribution in [3.8, 4) is 28.6 Å². The Morgan fingerprint density at radius 1 is 0.951 bits per heavy atom. The first-order valence-corrected chi connectivity index (χ1v) is 13.1. The molecule has 2 heterocycles. The van der Waals surface area contributed by atoms with E-state index in [2.05, 4.69) is 16.3 Å². The van der Waals surface area contributed by atoms with Crippen molar-refractivity contribution in [2.45, 2.75) is 45.0 Å². The lowest BCUT2D eigenvalue weighted by molar-refractivity contribution is -0.137. The van der Waals surface area contributed by atoms with E-state index in [0.717, 1.165) is 30.8 Å². The molecule has 1 aromatic heterocycles. The summed E-state index contributed by atoms with van der Waals surface area (Å²) in [4.78, 5) is 24.1. The topological polar surface area (TPSA) is 91.1 Å². The summed E-state index contributed by atoms with van der Waals surface area (Å²) in [5.41, 5.74) is 3.36. The minimum atomic E-state index is -4.45. The number of hydrogen-bond acceptors (Lipinski definition) is 6. The molecule has 1 aliphatic rings. The molecule has 1 atom stereocenters. The highest BCUT2D eigenvalue weighted by atomic mass is 19.4. The van der Waals surface area contributed by atoms with Crippen molar-refractivity contribution >= 4 is 22.8 Å². The van der Waals surface area contributed by atoms with Gasteiger partial charge in [-0.2, -0.15) is 18.4 Å². The van der Waals surface area contributed by atoms with Gasteiger partial charge in [0, 0.05) is 29.9 Å². The molecular formula is C31H28F3N5O2. The van der Waals surface area contributed by atoms with Crippen molar-refractivity contribution < 1.29 is 22.7 Å². The molecule has 5 rings (SSSR count). The molecule has 0 aliphatic carbocycles. The zero-order valence-electron chi connectivity index (χ0n) is 22.8. The van der Waals surface area contributed by atoms with Crippen LogP contribution in [-0.4, -0.2) is 40.8 Å². The molecule has 210 valence electrons. The summed E-state index contributed by atoms with van der Waals surface area (Å²) in [5.74, 6) is 0. The van der Waals surface area contributed by atoms with E-state index < -0.39 is 23.4 Å². The van der Waals surface area contributed by atoms with E-state index >= 15 is 0 Å². The quantitative estimate of drug-likeness (QED) is 0.291. The number of aromatic nitrogens is 2. The fourth-order valence-corrected chi connectivity index (χ4v) is 4.75. The second kappa shape index (κ2) is 10.7. The molecule has 1 fully saturated rings. The molecule has 0 saturated carbocycles. The highest BCUT2D eigenvalue weighted by Gasteiger charge is 2.30. The van der Waals surface area contributed by atoms with E-state index in [1.807, 2.05) is 39.0 Å². The molecule has 4 aromatic rings. The standard InChI is InChI=1S/C31H28F3N5O2/c1-30(2,3)41-29(40)36-23-14-15-39(18-23)24-12-13-25-26(16-24)38-28(20-6-4-19(17-35)5-7-20)27(37-25)21-8-10-22(11-9-21)31(32,33)34/h4-13,16,23H,14-15,18H2,1-3H3,(H,36,40)/t23-/m0/s1. The molecule has 0 spiro atoms. The van der Waals surface area contributed by atoms with Crippen LogP contribution in [-0.2, 0) is 10.9 Å². The molecule has 7 nitrogen and oxygen atoms in total. The fraction of sp³-hybridized carbons (Fsp3) is 0.290. The monoisotopic (exact) mass is 559 g/mol. The molecule has 1 amide bonds. The molecule has 1 N–H and O–H groups in total. The summed E-state index contributed by atoms with van der Waals surface area (Å²) in [7, 11) is 0. The third kappa shape index (κ3) is 6.40. The van der Waals surface area contributed by atoms with Crippen molar-refractivity contribution in [1.82, 2.24) is 15.3 Å². The number of hydrogen-bond donors (Lipinski definition) is 1. The van der Waals surface area contributed by atoms with E-state index in [-0.39, 0.29) is 6.04 Å². The van der Waals surface area contributed by atoms with Gasteiger partial charge in [-0.25, -0.2) is 14.8 Å². The lowest BCUT2D eigenvalue weighted by atomic mass is 10.0. The van der Waals surface area contributed by atoms with Crippen molar-refractivity contribution in [2.75, 3.05) is 18.0 Å². The number of nitriles is 1. The van der Waals surface area contributed by atoms with Crippen LogP contribution in [0.4, 0.5) is 23.7 Å². The number of rotatable bonds is 4. The van der Waals surface area contributed by atoms with Gasteiger partial charge in [-0.1, -0.05) is 24.3 Å². The first-order valence-electron chi connectivity index (χ1n) is 13.1. The molecule has 0 radical (unpaired) electrons. The summed E-state index contributed by atoms with van der Waals surface area (Å²) in [6.45, 7) is 6.78. The van der Waals surface area contributed by atoms with Gasteiger partial charge in [0.1, 0.15) is 5.60 Å². The SMILES string of the molecule is CC(C)(C)OC(=O)N[C@H]1CCN(c2ccc3nc(-c4ccc(C(F)(F)F)cc4)c(-c4ccc(C#N)cc4)nc3c2)C1. The molecule has 1 saturated heterocycles. The number of alkyl carbamates (subject to hydrolysis) is 1. The van der Waals surface area contributed by atoms with Gasteiger partial charge in [0.05, 0.1) is 45.7 Å². The number of carbonyl (C=O) groups excluding carboxylic acids is 1. The van der Waals surface area contributed by atoms with Crippen molar-refractivity contribution in [3.05, 3.63) is 77.9 Å². The minimum absolute atomic E-state index is 0.0668. The van der Waals surface area contributed by atoms with Crippen LogP contribution in [0.3, 0.4) is 0 Å². The summed E-state index contributed by atoms with van der Waals surface area (Å²) in [6.07, 6.45) is -4.14. The number of halogens is 3. The molecular weight excluding hydrogens is 531 g/mol. The second-order valence-electron chi connectivity index (χ2n) is 10.9. The Bertz CT molecular complexity index is 1620. The number of nitrogens with one attached hydrogen (secondary N) is 1. The third-order valence-electron chi connectivity index (χ3n) is 6.70. The lowest BCUT2D eigenvalue weighted by Crippen LogP contribution is -2.40. The molecule has 3 aromatic carbocycles. The fourth-order valence-electron chi connectivity index (χ4n) is 4.75. The number of carbonyl (C=O) groups is 1. The normalized spacial score (nSPS) is 15.5. The largest absolute Gasteiger partial charge is 0.444 e. The van der Waals surface area contributed by atoms with Crippen molar-refractivity contribution in [1.29, 1.82) is 5.26 Å². The summed E-state index contributed by atoms with van der Waals surface area (Å²) >= 11 is 0. The molecule has 41 heavy (non-hydrogen) atoms. The molecule has 10 heteroatoms. The van der Waals surface area contributed by atoms with Gasteiger partial charge in [0.2, 0.25) is 0 Å². The van der Waals surface area contributed by atoms with Gasteiger partial charge in [-0.15, -0.1) is 0 Å². The molecule has 0 bridgehead atoms. The van der Waals surface area contributed by atoms with Crippen LogP contribution < -0.4 is 10.2 Å². The predicted molar refractivity (Wildman–Crippen MR) is 150 cm³/mol. The Hall–Kier alpha value is -4.65. The van der Waals surface area contributed by atoms with Gasteiger partial charge in [-0.3, -0.25) is 0 Å². The number of ether oxygens (including phenoxy) is 1. The van der Waals surface area contributed by atoms with Crippen LogP contribution in [0.25, 0.3) is 33.5 Å². The Morgan fingerprint density at radius 2 is 1.56 bits per heavy atom. The van der Waals surface area contributed by atoms with Crippen molar-refractivity contribution in [2.24, 2.45) is 0 Å². The zero-order valence-corrected chi connectivity index (χ0v) is 22.8. The van der Waals surface area contributed by atoms with E-state index in [0.29, 0.717) is 45.7 Å². The van der Waals surface area contributed by atoms with Gasteiger partial charge in [-0.05, 0) is 69.7 Å². The maximum absolute atomic E-state index is 13.2. The van der Waals surface area contributed by atoms with Crippen LogP contribution in [0.5, 0.6) is 0 Å². The van der Waals surface area contributed by atoms with E-state index in [9.17, 15) is 23.2 Å². The lowest BCUT2D eigenvalue weighted by Gasteiger charge is -2.22. The second-order valence-corrected chi connectivity index (χ2v) is 10.9. The highest BCUT2D eigenvalue weighted by molar-refractivity contribution is 5.88. The Kier molecular flexibility index (Phi) is 7.30. The van der Waals surface area contributed by atoms with Crippen molar-refractivity contribution in [3.63, 3.8) is 0 Å². The maximum atomic E-state index is 13.2. The average molecular weight is 560 g/mol. The van der Waals surface area contributed by atoms with Gasteiger partial charge >= 0.3 is 12.3 Å². The maximum Gasteiger partial charge on any atom is 0.416 e. The molecule has 0 unspecified atom stereocenters. The van der Waals surface area contributed by atoms with Crippen LogP contribution in [0.2, 0.25) is 0 Å².